The minimum Gasteiger partial charge on any atom is -0.463 e. The van der Waals surface area contributed by atoms with Crippen LogP contribution >= 0.6 is 0 Å². The molecule has 0 amide bonds. The maximum absolute atomic E-state index is 12.3. The SMILES string of the molecule is CCOC(=O)/C=C/[C@@H](C)C1CCC2C3C(CC[C@@]21C)[C@@]1(C)CCC(=O)C=C1C(CC)[C@H]3O. The van der Waals surface area contributed by atoms with E-state index in [1.807, 2.05) is 19.1 Å². The molecule has 3 fully saturated rings. The van der Waals surface area contributed by atoms with E-state index in [1.54, 1.807) is 6.08 Å². The highest BCUT2D eigenvalue weighted by molar-refractivity contribution is 5.91. The van der Waals surface area contributed by atoms with Crippen molar-refractivity contribution in [2.75, 3.05) is 6.61 Å². The summed E-state index contributed by atoms with van der Waals surface area (Å²) in [5.74, 6) is 2.19. The van der Waals surface area contributed by atoms with Gasteiger partial charge in [0.2, 0.25) is 0 Å². The molecule has 0 heterocycles. The molecule has 3 saturated carbocycles. The van der Waals surface area contributed by atoms with E-state index in [4.69, 9.17) is 4.74 Å². The first-order valence-corrected chi connectivity index (χ1v) is 12.9. The van der Waals surface area contributed by atoms with Gasteiger partial charge in [0.15, 0.2) is 5.78 Å². The van der Waals surface area contributed by atoms with Crippen molar-refractivity contribution in [2.45, 2.75) is 85.7 Å². The third kappa shape index (κ3) is 3.61. The van der Waals surface area contributed by atoms with Crippen LogP contribution in [0.4, 0.5) is 0 Å². The second-order valence-corrected chi connectivity index (χ2v) is 11.5. The molecule has 4 aliphatic carbocycles. The number of fused-ring (bicyclic) bond motifs is 5. The molecule has 32 heavy (non-hydrogen) atoms. The number of hydrogen-bond acceptors (Lipinski definition) is 4. The number of ether oxygens (including phenoxy) is 1. The fraction of sp³-hybridized carbons (Fsp3) is 0.786. The first kappa shape index (κ1) is 23.7. The Morgan fingerprint density at radius 2 is 1.97 bits per heavy atom. The third-order valence-corrected chi connectivity index (χ3v) is 10.2. The van der Waals surface area contributed by atoms with Crippen LogP contribution in [0.2, 0.25) is 0 Å². The van der Waals surface area contributed by atoms with Crippen molar-refractivity contribution >= 4 is 11.8 Å². The normalized spacial score (nSPS) is 44.4. The van der Waals surface area contributed by atoms with E-state index >= 15 is 0 Å². The zero-order valence-electron chi connectivity index (χ0n) is 20.6. The van der Waals surface area contributed by atoms with Crippen LogP contribution in [0.15, 0.2) is 23.8 Å². The largest absolute Gasteiger partial charge is 0.463 e. The summed E-state index contributed by atoms with van der Waals surface area (Å²) in [6, 6.07) is 0. The minimum atomic E-state index is -0.357. The standard InChI is InChI=1S/C28H42O4/c1-6-19-23-16-18(29)12-14-28(23,5)22-13-15-27(4)20(9-10-21(27)25(22)26(19)31)17(3)8-11-24(30)32-7-2/h8,11,16-17,19-22,25-26,31H,6-7,9-10,12-15H2,1-5H3/b11-8+/t17-,19?,20?,21?,22?,25?,26-,27-,28-/m1/s1. The van der Waals surface area contributed by atoms with Gasteiger partial charge in [0.1, 0.15) is 0 Å². The van der Waals surface area contributed by atoms with Gasteiger partial charge < -0.3 is 9.84 Å². The number of ketones is 1. The summed E-state index contributed by atoms with van der Waals surface area (Å²) in [5, 5.41) is 11.7. The Morgan fingerprint density at radius 1 is 1.22 bits per heavy atom. The summed E-state index contributed by atoms with van der Waals surface area (Å²) >= 11 is 0. The van der Waals surface area contributed by atoms with Gasteiger partial charge in [0.25, 0.3) is 0 Å². The molecule has 4 aliphatic rings. The molecule has 1 N–H and O–H groups in total. The zero-order valence-corrected chi connectivity index (χ0v) is 20.6. The Labute approximate surface area is 193 Å². The van der Waals surface area contributed by atoms with E-state index in [-0.39, 0.29) is 34.6 Å². The predicted molar refractivity (Wildman–Crippen MR) is 126 cm³/mol. The van der Waals surface area contributed by atoms with Gasteiger partial charge in [-0.05, 0) is 91.9 Å². The zero-order chi connectivity index (χ0) is 23.3. The van der Waals surface area contributed by atoms with Crippen LogP contribution in [0.5, 0.6) is 0 Å². The minimum absolute atomic E-state index is 0.0489. The molecule has 5 unspecified atom stereocenters. The molecule has 4 heteroatoms. The summed E-state index contributed by atoms with van der Waals surface area (Å²) < 4.78 is 5.08. The fourth-order valence-electron chi connectivity index (χ4n) is 8.65. The van der Waals surface area contributed by atoms with Gasteiger partial charge in [-0.15, -0.1) is 0 Å². The first-order valence-electron chi connectivity index (χ1n) is 12.9. The molecule has 178 valence electrons. The first-order chi connectivity index (χ1) is 15.2. The predicted octanol–water partition coefficient (Wildman–Crippen LogP) is 5.50. The smallest absolute Gasteiger partial charge is 0.330 e. The number of aliphatic hydroxyl groups excluding tert-OH is 1. The summed E-state index contributed by atoms with van der Waals surface area (Å²) in [7, 11) is 0. The Kier molecular flexibility index (Phi) is 6.48. The lowest BCUT2D eigenvalue weighted by atomic mass is 9.43. The van der Waals surface area contributed by atoms with Crippen molar-refractivity contribution in [3.8, 4) is 0 Å². The monoisotopic (exact) mass is 442 g/mol. The number of hydrogen-bond donors (Lipinski definition) is 1. The summed E-state index contributed by atoms with van der Waals surface area (Å²) in [4.78, 5) is 24.1. The molecule has 0 aromatic carbocycles. The van der Waals surface area contributed by atoms with Gasteiger partial charge in [-0.3, -0.25) is 4.79 Å². The van der Waals surface area contributed by atoms with E-state index in [1.165, 1.54) is 12.0 Å². The molecular weight excluding hydrogens is 400 g/mol. The Morgan fingerprint density at radius 3 is 2.66 bits per heavy atom. The van der Waals surface area contributed by atoms with Gasteiger partial charge in [-0.25, -0.2) is 4.79 Å². The third-order valence-electron chi connectivity index (χ3n) is 10.2. The van der Waals surface area contributed by atoms with Crippen molar-refractivity contribution < 1.29 is 19.4 Å². The lowest BCUT2D eigenvalue weighted by molar-refractivity contribution is -0.137. The summed E-state index contributed by atoms with van der Waals surface area (Å²) in [6.07, 6.45) is 12.3. The molecule has 4 rings (SSSR count). The van der Waals surface area contributed by atoms with Crippen molar-refractivity contribution in [2.24, 2.45) is 46.3 Å². The summed E-state index contributed by atoms with van der Waals surface area (Å²) in [6.45, 7) is 11.5. The van der Waals surface area contributed by atoms with Crippen molar-refractivity contribution in [1.29, 1.82) is 0 Å². The topological polar surface area (TPSA) is 63.6 Å². The number of allylic oxidation sites excluding steroid dienone is 1. The molecule has 0 radical (unpaired) electrons. The van der Waals surface area contributed by atoms with Gasteiger partial charge in [0.05, 0.1) is 12.7 Å². The highest BCUT2D eigenvalue weighted by Gasteiger charge is 2.63. The van der Waals surface area contributed by atoms with E-state index in [9.17, 15) is 14.7 Å². The van der Waals surface area contributed by atoms with Crippen LogP contribution in [-0.4, -0.2) is 29.6 Å². The molecule has 0 saturated heterocycles. The maximum atomic E-state index is 12.3. The van der Waals surface area contributed by atoms with E-state index in [2.05, 4.69) is 27.7 Å². The molecule has 9 atom stereocenters. The van der Waals surface area contributed by atoms with Crippen molar-refractivity contribution in [1.82, 2.24) is 0 Å². The van der Waals surface area contributed by atoms with Crippen LogP contribution in [0.1, 0.15) is 79.6 Å². The Hall–Kier alpha value is -1.42. The van der Waals surface area contributed by atoms with E-state index in [0.717, 1.165) is 32.1 Å². The summed E-state index contributed by atoms with van der Waals surface area (Å²) in [5.41, 5.74) is 1.47. The maximum Gasteiger partial charge on any atom is 0.330 e. The fourth-order valence-corrected chi connectivity index (χ4v) is 8.65. The van der Waals surface area contributed by atoms with Crippen molar-refractivity contribution in [3.63, 3.8) is 0 Å². The highest BCUT2D eigenvalue weighted by Crippen LogP contribution is 2.68. The molecule has 0 aromatic rings. The van der Waals surface area contributed by atoms with Crippen LogP contribution in [0.25, 0.3) is 0 Å². The number of esters is 1. The molecule has 0 bridgehead atoms. The number of carbonyl (C=O) groups is 2. The molecular formula is C28H42O4. The van der Waals surface area contributed by atoms with Gasteiger partial charge in [-0.1, -0.05) is 39.3 Å². The number of aliphatic hydroxyl groups is 1. The molecule has 0 spiro atoms. The average Bonchev–Trinajstić information content (AvgIpc) is 3.11. The average molecular weight is 443 g/mol. The number of rotatable bonds is 5. The van der Waals surface area contributed by atoms with Crippen molar-refractivity contribution in [3.05, 3.63) is 23.8 Å². The molecule has 4 nitrogen and oxygen atoms in total. The quantitative estimate of drug-likeness (QED) is 0.451. The van der Waals surface area contributed by atoms with Crippen LogP contribution in [0, 0.1) is 46.3 Å². The molecule has 0 aromatic heterocycles. The number of carbonyl (C=O) groups excluding carboxylic acids is 2. The lowest BCUT2D eigenvalue weighted by Gasteiger charge is -2.61. The van der Waals surface area contributed by atoms with E-state index < -0.39 is 0 Å². The van der Waals surface area contributed by atoms with Crippen LogP contribution in [-0.2, 0) is 14.3 Å². The van der Waals surface area contributed by atoms with Crippen LogP contribution < -0.4 is 0 Å². The van der Waals surface area contributed by atoms with E-state index in [0.29, 0.717) is 42.6 Å². The van der Waals surface area contributed by atoms with Gasteiger partial charge in [-0.2, -0.15) is 0 Å². The van der Waals surface area contributed by atoms with Gasteiger partial charge >= 0.3 is 5.97 Å². The highest BCUT2D eigenvalue weighted by atomic mass is 16.5. The van der Waals surface area contributed by atoms with Crippen LogP contribution in [0.3, 0.4) is 0 Å². The lowest BCUT2D eigenvalue weighted by Crippen LogP contribution is -2.58. The second-order valence-electron chi connectivity index (χ2n) is 11.5. The van der Waals surface area contributed by atoms with Gasteiger partial charge in [0, 0.05) is 18.4 Å². The molecule has 0 aliphatic heterocycles. The Balaban J connectivity index is 1.62. The second kappa shape index (κ2) is 8.74. The Bertz CT molecular complexity index is 812.